The lowest BCUT2D eigenvalue weighted by Gasteiger charge is -2.21. The van der Waals surface area contributed by atoms with Gasteiger partial charge in [0.05, 0.1) is 5.92 Å². The normalized spacial score (nSPS) is 12.8. The van der Waals surface area contributed by atoms with Gasteiger partial charge in [0.2, 0.25) is 5.89 Å². The third-order valence-corrected chi connectivity index (χ3v) is 4.66. The van der Waals surface area contributed by atoms with Gasteiger partial charge in [-0.15, -0.1) is 5.10 Å². The average molecular weight is 393 g/mol. The first-order valence-electron chi connectivity index (χ1n) is 9.48. The number of carbonyl (C=O) groups excluding carboxylic acids is 2. The fraction of sp³-hybridized carbons (Fsp3) is 0.273. The van der Waals surface area contributed by atoms with Crippen LogP contribution in [0.25, 0.3) is 11.5 Å². The molecular formula is C22H23N3O4. The minimum atomic E-state index is -0.544. The molecule has 3 rings (SSSR count). The van der Waals surface area contributed by atoms with E-state index in [0.717, 1.165) is 17.5 Å². The number of carbonyl (C=O) groups is 2. The number of esters is 1. The molecule has 2 atom stereocenters. The van der Waals surface area contributed by atoms with Gasteiger partial charge < -0.3 is 9.15 Å². The number of hydrogen-bond acceptors (Lipinski definition) is 6. The smallest absolute Gasteiger partial charge is 0.322 e. The molecule has 1 aromatic heterocycles. The van der Waals surface area contributed by atoms with Crippen LogP contribution in [0, 0.1) is 5.92 Å². The molecular weight excluding hydrogens is 370 g/mol. The van der Waals surface area contributed by atoms with Gasteiger partial charge in [-0.3, -0.25) is 14.9 Å². The lowest BCUT2D eigenvalue weighted by atomic mass is 9.86. The molecule has 0 saturated carbocycles. The highest BCUT2D eigenvalue weighted by Gasteiger charge is 2.28. The van der Waals surface area contributed by atoms with E-state index in [1.807, 2.05) is 74.5 Å². The van der Waals surface area contributed by atoms with Crippen molar-refractivity contribution in [2.24, 2.45) is 5.92 Å². The summed E-state index contributed by atoms with van der Waals surface area (Å²) < 4.78 is 10.7. The van der Waals surface area contributed by atoms with Crippen molar-refractivity contribution in [3.63, 3.8) is 0 Å². The van der Waals surface area contributed by atoms with Crippen LogP contribution in [0.2, 0.25) is 0 Å². The minimum Gasteiger partial charge on any atom is -0.455 e. The van der Waals surface area contributed by atoms with Crippen molar-refractivity contribution in [1.82, 2.24) is 10.2 Å². The van der Waals surface area contributed by atoms with E-state index in [2.05, 4.69) is 15.5 Å². The Kier molecular flexibility index (Phi) is 6.73. The highest BCUT2D eigenvalue weighted by atomic mass is 16.5. The molecule has 2 aromatic carbocycles. The zero-order valence-electron chi connectivity index (χ0n) is 16.4. The van der Waals surface area contributed by atoms with Crippen LogP contribution in [0.15, 0.2) is 65.1 Å². The second-order valence-corrected chi connectivity index (χ2v) is 6.71. The van der Waals surface area contributed by atoms with Crippen LogP contribution in [0.4, 0.5) is 6.01 Å². The molecule has 150 valence electrons. The molecule has 0 aliphatic rings. The number of nitrogens with one attached hydrogen (secondary N) is 1. The second kappa shape index (κ2) is 9.64. The second-order valence-electron chi connectivity index (χ2n) is 6.71. The molecule has 3 aromatic rings. The van der Waals surface area contributed by atoms with Crippen LogP contribution in [-0.4, -0.2) is 28.7 Å². The average Bonchev–Trinajstić information content (AvgIpc) is 3.22. The number of ether oxygens (including phenoxy) is 1. The van der Waals surface area contributed by atoms with E-state index in [9.17, 15) is 9.59 Å². The summed E-state index contributed by atoms with van der Waals surface area (Å²) in [5.41, 5.74) is 1.61. The highest BCUT2D eigenvalue weighted by Crippen LogP contribution is 2.28. The molecule has 1 heterocycles. The van der Waals surface area contributed by atoms with E-state index in [-0.39, 0.29) is 11.9 Å². The summed E-state index contributed by atoms with van der Waals surface area (Å²) in [6.07, 6.45) is 0.811. The molecule has 0 aliphatic heterocycles. The number of anilines is 1. The van der Waals surface area contributed by atoms with E-state index < -0.39 is 24.4 Å². The molecule has 0 aliphatic carbocycles. The molecule has 0 bridgehead atoms. The Balaban J connectivity index is 1.58. The molecule has 7 nitrogen and oxygen atoms in total. The molecule has 1 amide bonds. The minimum absolute atomic E-state index is 0.0496. The third kappa shape index (κ3) is 5.28. The zero-order chi connectivity index (χ0) is 20.6. The largest absolute Gasteiger partial charge is 0.455 e. The summed E-state index contributed by atoms with van der Waals surface area (Å²) in [7, 11) is 0. The topological polar surface area (TPSA) is 94.3 Å². The number of benzene rings is 2. The van der Waals surface area contributed by atoms with E-state index in [0.29, 0.717) is 5.89 Å². The monoisotopic (exact) mass is 393 g/mol. The van der Waals surface area contributed by atoms with Crippen LogP contribution >= 0.6 is 0 Å². The summed E-state index contributed by atoms with van der Waals surface area (Å²) in [5.74, 6) is -1.04. The van der Waals surface area contributed by atoms with Gasteiger partial charge in [-0.05, 0) is 23.6 Å². The van der Waals surface area contributed by atoms with Crippen molar-refractivity contribution < 1.29 is 18.7 Å². The van der Waals surface area contributed by atoms with Crippen molar-refractivity contribution in [3.05, 3.63) is 66.2 Å². The first-order chi connectivity index (χ1) is 14.1. The predicted molar refractivity (Wildman–Crippen MR) is 108 cm³/mol. The summed E-state index contributed by atoms with van der Waals surface area (Å²) in [6.45, 7) is 3.57. The van der Waals surface area contributed by atoms with Crippen LogP contribution in [0.1, 0.15) is 31.7 Å². The quantitative estimate of drug-likeness (QED) is 0.580. The van der Waals surface area contributed by atoms with Crippen molar-refractivity contribution >= 4 is 17.9 Å². The Morgan fingerprint density at radius 2 is 1.69 bits per heavy atom. The molecule has 0 spiro atoms. The van der Waals surface area contributed by atoms with E-state index in [1.54, 1.807) is 0 Å². The molecule has 29 heavy (non-hydrogen) atoms. The van der Waals surface area contributed by atoms with Gasteiger partial charge in [-0.1, -0.05) is 73.9 Å². The number of amides is 1. The Morgan fingerprint density at radius 1 is 1.03 bits per heavy atom. The summed E-state index contributed by atoms with van der Waals surface area (Å²) in [4.78, 5) is 24.8. The summed E-state index contributed by atoms with van der Waals surface area (Å²) in [5, 5.41) is 10.1. The maximum absolute atomic E-state index is 12.6. The van der Waals surface area contributed by atoms with Crippen molar-refractivity contribution in [3.8, 4) is 11.5 Å². The first kappa shape index (κ1) is 20.3. The van der Waals surface area contributed by atoms with Crippen LogP contribution in [-0.2, 0) is 14.3 Å². The van der Waals surface area contributed by atoms with Gasteiger partial charge in [0, 0.05) is 5.56 Å². The number of rotatable bonds is 8. The van der Waals surface area contributed by atoms with Gasteiger partial charge in [0.25, 0.3) is 5.91 Å². The first-order valence-corrected chi connectivity index (χ1v) is 9.48. The molecule has 0 radical (unpaired) electrons. The Bertz CT molecular complexity index is 941. The fourth-order valence-electron chi connectivity index (χ4n) is 2.95. The van der Waals surface area contributed by atoms with Gasteiger partial charge in [0.1, 0.15) is 0 Å². The summed E-state index contributed by atoms with van der Waals surface area (Å²) >= 11 is 0. The van der Waals surface area contributed by atoms with Crippen molar-refractivity contribution in [1.29, 1.82) is 0 Å². The molecule has 1 N–H and O–H groups in total. The van der Waals surface area contributed by atoms with E-state index >= 15 is 0 Å². The van der Waals surface area contributed by atoms with Gasteiger partial charge in [-0.25, -0.2) is 0 Å². The fourth-order valence-corrected chi connectivity index (χ4v) is 2.95. The van der Waals surface area contributed by atoms with Gasteiger partial charge in [0.15, 0.2) is 6.61 Å². The maximum Gasteiger partial charge on any atom is 0.322 e. The van der Waals surface area contributed by atoms with Crippen LogP contribution in [0.3, 0.4) is 0 Å². The zero-order valence-corrected chi connectivity index (χ0v) is 16.4. The maximum atomic E-state index is 12.6. The Morgan fingerprint density at radius 3 is 2.34 bits per heavy atom. The van der Waals surface area contributed by atoms with E-state index in [1.165, 1.54) is 0 Å². The van der Waals surface area contributed by atoms with Crippen LogP contribution < -0.4 is 5.32 Å². The molecule has 0 saturated heterocycles. The standard InChI is InChI=1S/C22H23N3O4/c1-3-15(2)19(16-10-6-4-7-11-16)21(27)28-14-18(26)23-22-25-24-20(29-22)17-12-8-5-9-13-17/h4-13,15,19H,3,14H2,1-2H3,(H,23,25,26)/t15-,19-/m0/s1. The van der Waals surface area contributed by atoms with Crippen LogP contribution in [0.5, 0.6) is 0 Å². The SMILES string of the molecule is CC[C@H](C)[C@H](C(=O)OCC(=O)Nc1nnc(-c2ccccc2)o1)c1ccccc1. The highest BCUT2D eigenvalue weighted by molar-refractivity contribution is 5.91. The van der Waals surface area contributed by atoms with Crippen molar-refractivity contribution in [2.75, 3.05) is 11.9 Å². The Hall–Kier alpha value is -3.48. The summed E-state index contributed by atoms with van der Waals surface area (Å²) in [6, 6.07) is 18.6. The number of nitrogens with zero attached hydrogens (tertiary/aromatic N) is 2. The molecule has 0 fully saturated rings. The number of aromatic nitrogens is 2. The molecule has 7 heteroatoms. The van der Waals surface area contributed by atoms with E-state index in [4.69, 9.17) is 9.15 Å². The van der Waals surface area contributed by atoms with Gasteiger partial charge in [-0.2, -0.15) is 0 Å². The van der Waals surface area contributed by atoms with Gasteiger partial charge >= 0.3 is 12.0 Å². The predicted octanol–water partition coefficient (Wildman–Crippen LogP) is 4.05. The molecule has 0 unspecified atom stereocenters. The Labute approximate surface area is 169 Å². The lowest BCUT2D eigenvalue weighted by molar-refractivity contribution is -0.150. The lowest BCUT2D eigenvalue weighted by Crippen LogP contribution is -2.27. The third-order valence-electron chi connectivity index (χ3n) is 4.66. The number of hydrogen-bond donors (Lipinski definition) is 1. The van der Waals surface area contributed by atoms with Crippen molar-refractivity contribution in [2.45, 2.75) is 26.2 Å².